The predicted molar refractivity (Wildman–Crippen MR) is 81.0 cm³/mol. The summed E-state index contributed by atoms with van der Waals surface area (Å²) in [4.78, 5) is 0. The van der Waals surface area contributed by atoms with Crippen LogP contribution >= 0.6 is 0 Å². The van der Waals surface area contributed by atoms with Crippen LogP contribution in [-0.4, -0.2) is 30.8 Å². The molecule has 5 nitrogen and oxygen atoms in total. The SMILES string of the molecule is CCCCOCCCNCc1ccc(/C(N)=N/O)cc1. The number of unbranched alkanes of at least 4 members (excludes halogenated alkanes) is 1. The van der Waals surface area contributed by atoms with Crippen LogP contribution in [0.2, 0.25) is 0 Å². The summed E-state index contributed by atoms with van der Waals surface area (Å²) < 4.78 is 5.49. The van der Waals surface area contributed by atoms with Gasteiger partial charge >= 0.3 is 0 Å². The minimum atomic E-state index is 0.133. The Morgan fingerprint density at radius 1 is 1.25 bits per heavy atom. The highest BCUT2D eigenvalue weighted by atomic mass is 16.5. The Balaban J connectivity index is 2.13. The van der Waals surface area contributed by atoms with Crippen molar-refractivity contribution in [3.05, 3.63) is 35.4 Å². The molecule has 0 aromatic heterocycles. The van der Waals surface area contributed by atoms with E-state index in [1.807, 2.05) is 24.3 Å². The van der Waals surface area contributed by atoms with Gasteiger partial charge in [-0.25, -0.2) is 0 Å². The lowest BCUT2D eigenvalue weighted by Gasteiger charge is -2.06. The van der Waals surface area contributed by atoms with Crippen LogP contribution in [0, 0.1) is 0 Å². The Hall–Kier alpha value is -1.59. The molecule has 0 saturated carbocycles. The number of oxime groups is 1. The normalized spacial score (nSPS) is 11.8. The third-order valence-corrected chi connectivity index (χ3v) is 2.97. The second-order valence-corrected chi connectivity index (χ2v) is 4.68. The Morgan fingerprint density at radius 2 is 1.95 bits per heavy atom. The summed E-state index contributed by atoms with van der Waals surface area (Å²) in [6, 6.07) is 7.64. The smallest absolute Gasteiger partial charge is 0.170 e. The fourth-order valence-corrected chi connectivity index (χ4v) is 1.73. The van der Waals surface area contributed by atoms with Crippen molar-refractivity contribution in [3.63, 3.8) is 0 Å². The van der Waals surface area contributed by atoms with Crippen LogP contribution in [0.4, 0.5) is 0 Å². The maximum absolute atomic E-state index is 8.57. The molecule has 1 aromatic rings. The molecule has 0 heterocycles. The zero-order valence-corrected chi connectivity index (χ0v) is 12.1. The molecular weight excluding hydrogens is 254 g/mol. The number of ether oxygens (including phenoxy) is 1. The van der Waals surface area contributed by atoms with E-state index < -0.39 is 0 Å². The Kier molecular flexibility index (Phi) is 8.42. The molecule has 20 heavy (non-hydrogen) atoms. The quantitative estimate of drug-likeness (QED) is 0.201. The minimum absolute atomic E-state index is 0.133. The summed E-state index contributed by atoms with van der Waals surface area (Å²) in [5, 5.41) is 14.9. The van der Waals surface area contributed by atoms with Gasteiger partial charge in [-0.3, -0.25) is 0 Å². The van der Waals surface area contributed by atoms with E-state index in [-0.39, 0.29) is 5.84 Å². The molecule has 0 aliphatic heterocycles. The topological polar surface area (TPSA) is 79.9 Å². The number of nitrogens with two attached hydrogens (primary N) is 1. The predicted octanol–water partition coefficient (Wildman–Crippen LogP) is 2.08. The van der Waals surface area contributed by atoms with Crippen molar-refractivity contribution in [3.8, 4) is 0 Å². The van der Waals surface area contributed by atoms with E-state index in [0.29, 0.717) is 0 Å². The molecule has 0 bridgehead atoms. The molecule has 1 aromatic carbocycles. The first-order valence-electron chi connectivity index (χ1n) is 7.13. The van der Waals surface area contributed by atoms with E-state index in [4.69, 9.17) is 15.7 Å². The van der Waals surface area contributed by atoms with Crippen LogP contribution in [0.5, 0.6) is 0 Å². The fourth-order valence-electron chi connectivity index (χ4n) is 1.73. The molecule has 0 aliphatic carbocycles. The molecule has 5 heteroatoms. The summed E-state index contributed by atoms with van der Waals surface area (Å²) in [6.07, 6.45) is 3.34. The Labute approximate surface area is 120 Å². The van der Waals surface area contributed by atoms with Crippen molar-refractivity contribution in [2.24, 2.45) is 10.9 Å². The first-order valence-corrected chi connectivity index (χ1v) is 7.13. The van der Waals surface area contributed by atoms with Crippen molar-refractivity contribution in [2.75, 3.05) is 19.8 Å². The maximum atomic E-state index is 8.57. The van der Waals surface area contributed by atoms with Gasteiger partial charge in [0.2, 0.25) is 0 Å². The van der Waals surface area contributed by atoms with Gasteiger partial charge in [0, 0.05) is 25.3 Å². The number of nitrogens with one attached hydrogen (secondary N) is 1. The molecule has 0 fully saturated rings. The van der Waals surface area contributed by atoms with Crippen molar-refractivity contribution >= 4 is 5.84 Å². The molecule has 0 atom stereocenters. The van der Waals surface area contributed by atoms with Crippen LogP contribution in [0.15, 0.2) is 29.4 Å². The van der Waals surface area contributed by atoms with Crippen molar-refractivity contribution in [2.45, 2.75) is 32.7 Å². The molecule has 0 radical (unpaired) electrons. The molecule has 0 saturated heterocycles. The summed E-state index contributed by atoms with van der Waals surface area (Å²) in [7, 11) is 0. The van der Waals surface area contributed by atoms with Gasteiger partial charge in [-0.2, -0.15) is 0 Å². The van der Waals surface area contributed by atoms with E-state index in [2.05, 4.69) is 17.4 Å². The van der Waals surface area contributed by atoms with Crippen LogP contribution in [0.1, 0.15) is 37.3 Å². The van der Waals surface area contributed by atoms with E-state index >= 15 is 0 Å². The monoisotopic (exact) mass is 279 g/mol. The molecule has 1 rings (SSSR count). The second-order valence-electron chi connectivity index (χ2n) is 4.68. The number of benzene rings is 1. The Morgan fingerprint density at radius 3 is 2.60 bits per heavy atom. The fraction of sp³-hybridized carbons (Fsp3) is 0.533. The second kappa shape index (κ2) is 10.2. The minimum Gasteiger partial charge on any atom is -0.409 e. The first kappa shape index (κ1) is 16.5. The van der Waals surface area contributed by atoms with Crippen LogP contribution in [-0.2, 0) is 11.3 Å². The van der Waals surface area contributed by atoms with Gasteiger partial charge in [0.15, 0.2) is 5.84 Å². The van der Waals surface area contributed by atoms with Crippen molar-refractivity contribution in [1.29, 1.82) is 0 Å². The molecule has 112 valence electrons. The largest absolute Gasteiger partial charge is 0.409 e. The van der Waals surface area contributed by atoms with Gasteiger partial charge in [0.1, 0.15) is 0 Å². The lowest BCUT2D eigenvalue weighted by atomic mass is 10.1. The zero-order valence-electron chi connectivity index (χ0n) is 12.1. The highest BCUT2D eigenvalue weighted by Crippen LogP contribution is 2.04. The van der Waals surface area contributed by atoms with Crippen LogP contribution in [0.25, 0.3) is 0 Å². The molecule has 0 unspecified atom stereocenters. The van der Waals surface area contributed by atoms with Crippen LogP contribution in [0.3, 0.4) is 0 Å². The number of rotatable bonds is 10. The Bertz CT molecular complexity index is 391. The lowest BCUT2D eigenvalue weighted by molar-refractivity contribution is 0.129. The lowest BCUT2D eigenvalue weighted by Crippen LogP contribution is -2.17. The third kappa shape index (κ3) is 6.54. The maximum Gasteiger partial charge on any atom is 0.170 e. The zero-order chi connectivity index (χ0) is 14.6. The van der Waals surface area contributed by atoms with E-state index in [9.17, 15) is 0 Å². The summed E-state index contributed by atoms with van der Waals surface area (Å²) in [5.74, 6) is 0.133. The highest BCUT2D eigenvalue weighted by Gasteiger charge is 1.99. The van der Waals surface area contributed by atoms with Crippen molar-refractivity contribution in [1.82, 2.24) is 5.32 Å². The molecule has 0 aliphatic rings. The van der Waals surface area contributed by atoms with Gasteiger partial charge in [-0.1, -0.05) is 42.8 Å². The van der Waals surface area contributed by atoms with Gasteiger partial charge in [0.05, 0.1) is 0 Å². The molecular formula is C15H25N3O2. The third-order valence-electron chi connectivity index (χ3n) is 2.97. The van der Waals surface area contributed by atoms with E-state index in [1.165, 1.54) is 12.0 Å². The molecule has 0 amide bonds. The van der Waals surface area contributed by atoms with Crippen LogP contribution < -0.4 is 11.1 Å². The average Bonchev–Trinajstić information content (AvgIpc) is 2.50. The number of amidine groups is 1. The van der Waals surface area contributed by atoms with E-state index in [0.717, 1.165) is 44.7 Å². The van der Waals surface area contributed by atoms with Gasteiger partial charge in [-0.15, -0.1) is 0 Å². The number of hydrogen-bond acceptors (Lipinski definition) is 4. The summed E-state index contributed by atoms with van der Waals surface area (Å²) >= 11 is 0. The number of nitrogens with zero attached hydrogens (tertiary/aromatic N) is 1. The highest BCUT2D eigenvalue weighted by molar-refractivity contribution is 5.96. The van der Waals surface area contributed by atoms with Crippen molar-refractivity contribution < 1.29 is 9.94 Å². The van der Waals surface area contributed by atoms with E-state index in [1.54, 1.807) is 0 Å². The summed E-state index contributed by atoms with van der Waals surface area (Å²) in [5.41, 5.74) is 7.40. The molecule has 0 spiro atoms. The van der Waals surface area contributed by atoms with Gasteiger partial charge in [-0.05, 0) is 24.9 Å². The van der Waals surface area contributed by atoms with Gasteiger partial charge in [0.25, 0.3) is 0 Å². The molecule has 4 N–H and O–H groups in total. The standard InChI is InChI=1S/C15H25N3O2/c1-2-3-10-20-11-4-9-17-12-13-5-7-14(8-6-13)15(16)18-19/h5-8,17,19H,2-4,9-12H2,1H3,(H2,16,18). The number of hydrogen-bond donors (Lipinski definition) is 3. The van der Waals surface area contributed by atoms with Gasteiger partial charge < -0.3 is 21.0 Å². The average molecular weight is 279 g/mol. The summed E-state index contributed by atoms with van der Waals surface area (Å²) in [6.45, 7) is 5.59. The first-order chi connectivity index (χ1) is 9.77.